The Kier molecular flexibility index (Phi) is 2.53. The first-order chi connectivity index (χ1) is 8.83. The molecule has 0 fully saturated rings. The van der Waals surface area contributed by atoms with Crippen molar-refractivity contribution in [2.45, 2.75) is 0 Å². The lowest BCUT2D eigenvalue weighted by Crippen LogP contribution is -1.89. The highest BCUT2D eigenvalue weighted by atomic mass is 16.5. The van der Waals surface area contributed by atoms with Gasteiger partial charge < -0.3 is 9.84 Å². The zero-order valence-electron chi connectivity index (χ0n) is 9.45. The second-order valence-corrected chi connectivity index (χ2v) is 3.83. The molecule has 1 N–H and O–H groups in total. The maximum Gasteiger partial charge on any atom is 0.156 e. The molecule has 0 amide bonds. The van der Waals surface area contributed by atoms with Crippen molar-refractivity contribution < 1.29 is 9.84 Å². The van der Waals surface area contributed by atoms with E-state index in [0.717, 1.165) is 10.9 Å². The largest absolute Gasteiger partial charge is 0.508 e. The molecule has 3 rings (SSSR count). The molecule has 0 spiro atoms. The number of benzene rings is 2. The molecule has 0 saturated carbocycles. The van der Waals surface area contributed by atoms with Crippen LogP contribution in [0.5, 0.6) is 17.2 Å². The third-order valence-corrected chi connectivity index (χ3v) is 2.56. The molecule has 0 atom stereocenters. The Labute approximate surface area is 103 Å². The minimum Gasteiger partial charge on any atom is -0.508 e. The Morgan fingerprint density at radius 3 is 2.78 bits per heavy atom. The summed E-state index contributed by atoms with van der Waals surface area (Å²) in [5, 5.41) is 18.2. The van der Waals surface area contributed by atoms with Crippen LogP contribution in [-0.2, 0) is 0 Å². The number of ether oxygens (including phenoxy) is 1. The van der Waals surface area contributed by atoms with Gasteiger partial charge in [0, 0.05) is 11.5 Å². The molecule has 18 heavy (non-hydrogen) atoms. The summed E-state index contributed by atoms with van der Waals surface area (Å²) < 4.78 is 5.71. The topological polar surface area (TPSA) is 55.2 Å². The number of aromatic hydroxyl groups is 1. The van der Waals surface area contributed by atoms with E-state index in [9.17, 15) is 5.11 Å². The monoisotopic (exact) mass is 238 g/mol. The van der Waals surface area contributed by atoms with Crippen LogP contribution in [0.4, 0.5) is 0 Å². The van der Waals surface area contributed by atoms with Gasteiger partial charge in [0.25, 0.3) is 0 Å². The zero-order valence-corrected chi connectivity index (χ0v) is 9.45. The van der Waals surface area contributed by atoms with Crippen LogP contribution in [0.25, 0.3) is 10.9 Å². The van der Waals surface area contributed by atoms with E-state index in [1.165, 1.54) is 0 Å². The highest BCUT2D eigenvalue weighted by Gasteiger charge is 2.05. The number of hydrogen-bond acceptors (Lipinski definition) is 4. The Balaban J connectivity index is 2.05. The average molecular weight is 238 g/mol. The summed E-state index contributed by atoms with van der Waals surface area (Å²) in [5.74, 6) is 1.35. The Morgan fingerprint density at radius 2 is 1.89 bits per heavy atom. The zero-order chi connectivity index (χ0) is 12.4. The van der Waals surface area contributed by atoms with E-state index in [1.54, 1.807) is 30.5 Å². The molecule has 0 saturated heterocycles. The normalized spacial score (nSPS) is 10.4. The second kappa shape index (κ2) is 4.33. The smallest absolute Gasteiger partial charge is 0.156 e. The van der Waals surface area contributed by atoms with Crippen LogP contribution in [0.2, 0.25) is 0 Å². The summed E-state index contributed by atoms with van der Waals surface area (Å²) in [7, 11) is 0. The Bertz CT molecular complexity index is 693. The van der Waals surface area contributed by atoms with Crippen LogP contribution >= 0.6 is 0 Å². The maximum atomic E-state index is 9.40. The lowest BCUT2D eigenvalue weighted by molar-refractivity contribution is 0.456. The highest BCUT2D eigenvalue weighted by molar-refractivity contribution is 5.84. The van der Waals surface area contributed by atoms with Crippen molar-refractivity contribution in [1.82, 2.24) is 10.2 Å². The van der Waals surface area contributed by atoms with Gasteiger partial charge in [0.15, 0.2) is 5.75 Å². The van der Waals surface area contributed by atoms with Gasteiger partial charge in [-0.05, 0) is 24.3 Å². The van der Waals surface area contributed by atoms with E-state index >= 15 is 0 Å². The lowest BCUT2D eigenvalue weighted by atomic mass is 10.2. The minimum atomic E-state index is 0.166. The second-order valence-electron chi connectivity index (χ2n) is 3.83. The van der Waals surface area contributed by atoms with Gasteiger partial charge in [-0.25, -0.2) is 0 Å². The lowest BCUT2D eigenvalue weighted by Gasteiger charge is -2.07. The van der Waals surface area contributed by atoms with Crippen molar-refractivity contribution in [3.63, 3.8) is 0 Å². The molecule has 0 aliphatic heterocycles. The van der Waals surface area contributed by atoms with Gasteiger partial charge in [-0.3, -0.25) is 0 Å². The van der Waals surface area contributed by atoms with Gasteiger partial charge in [-0.1, -0.05) is 18.2 Å². The van der Waals surface area contributed by atoms with Crippen LogP contribution in [0.3, 0.4) is 0 Å². The molecule has 4 nitrogen and oxygen atoms in total. The van der Waals surface area contributed by atoms with Crippen LogP contribution in [0, 0.1) is 0 Å². The van der Waals surface area contributed by atoms with Gasteiger partial charge >= 0.3 is 0 Å². The number of phenols is 1. The van der Waals surface area contributed by atoms with Crippen molar-refractivity contribution >= 4 is 10.9 Å². The van der Waals surface area contributed by atoms with Crippen molar-refractivity contribution in [2.75, 3.05) is 0 Å². The fourth-order valence-electron chi connectivity index (χ4n) is 1.74. The van der Waals surface area contributed by atoms with Gasteiger partial charge in [0.05, 0.1) is 11.7 Å². The van der Waals surface area contributed by atoms with Gasteiger partial charge in [-0.15, -0.1) is 0 Å². The summed E-state index contributed by atoms with van der Waals surface area (Å²) in [6.45, 7) is 0. The molecule has 0 aliphatic carbocycles. The summed E-state index contributed by atoms with van der Waals surface area (Å²) in [6.07, 6.45) is 1.56. The first kappa shape index (κ1) is 10.5. The summed E-state index contributed by atoms with van der Waals surface area (Å²) in [5.41, 5.74) is 0.773. The predicted molar refractivity (Wildman–Crippen MR) is 67.7 cm³/mol. The molecule has 0 bridgehead atoms. The van der Waals surface area contributed by atoms with Crippen LogP contribution in [-0.4, -0.2) is 15.3 Å². The molecule has 3 aromatic rings. The molecule has 2 aromatic carbocycles. The third kappa shape index (κ3) is 1.96. The van der Waals surface area contributed by atoms with Crippen molar-refractivity contribution in [3.05, 3.63) is 54.7 Å². The molecule has 0 aliphatic rings. The molecular weight excluding hydrogens is 228 g/mol. The Hall–Kier alpha value is -2.62. The van der Waals surface area contributed by atoms with Crippen LogP contribution in [0.15, 0.2) is 54.7 Å². The average Bonchev–Trinajstić information content (AvgIpc) is 2.39. The first-order valence-corrected chi connectivity index (χ1v) is 5.50. The van der Waals surface area contributed by atoms with Crippen molar-refractivity contribution in [2.24, 2.45) is 0 Å². The van der Waals surface area contributed by atoms with E-state index in [4.69, 9.17) is 4.74 Å². The summed E-state index contributed by atoms with van der Waals surface area (Å²) >= 11 is 0. The first-order valence-electron chi connectivity index (χ1n) is 5.50. The maximum absolute atomic E-state index is 9.40. The fourth-order valence-corrected chi connectivity index (χ4v) is 1.74. The third-order valence-electron chi connectivity index (χ3n) is 2.56. The van der Waals surface area contributed by atoms with Gasteiger partial charge in [-0.2, -0.15) is 10.2 Å². The van der Waals surface area contributed by atoms with Crippen molar-refractivity contribution in [1.29, 1.82) is 0 Å². The molecule has 0 radical (unpaired) electrons. The van der Waals surface area contributed by atoms with Crippen molar-refractivity contribution in [3.8, 4) is 17.2 Å². The van der Waals surface area contributed by atoms with Crippen LogP contribution in [0.1, 0.15) is 0 Å². The SMILES string of the molecule is Oc1cccc(Oc2cnnc3ccccc23)c1. The van der Waals surface area contributed by atoms with Gasteiger partial charge in [0.2, 0.25) is 0 Å². The standard InChI is InChI=1S/C14H10N2O2/c17-10-4-3-5-11(8-10)18-14-9-15-16-13-7-2-1-6-12(13)14/h1-9,17H. The van der Waals surface area contributed by atoms with E-state index in [0.29, 0.717) is 11.5 Å². The van der Waals surface area contributed by atoms with Crippen LogP contribution < -0.4 is 4.74 Å². The summed E-state index contributed by atoms with van der Waals surface area (Å²) in [6, 6.07) is 14.2. The molecule has 4 heteroatoms. The number of nitrogens with zero attached hydrogens (tertiary/aromatic N) is 2. The fraction of sp³-hybridized carbons (Fsp3) is 0. The number of fused-ring (bicyclic) bond motifs is 1. The number of hydrogen-bond donors (Lipinski definition) is 1. The summed E-state index contributed by atoms with van der Waals surface area (Å²) in [4.78, 5) is 0. The minimum absolute atomic E-state index is 0.166. The van der Waals surface area contributed by atoms with E-state index in [1.807, 2.05) is 24.3 Å². The highest BCUT2D eigenvalue weighted by Crippen LogP contribution is 2.29. The number of phenolic OH excluding ortho intramolecular Hbond substituents is 1. The molecule has 88 valence electrons. The molecule has 1 heterocycles. The number of rotatable bonds is 2. The van der Waals surface area contributed by atoms with E-state index < -0.39 is 0 Å². The van der Waals surface area contributed by atoms with E-state index in [-0.39, 0.29) is 5.75 Å². The molecular formula is C14H10N2O2. The molecule has 1 aromatic heterocycles. The Morgan fingerprint density at radius 1 is 1.00 bits per heavy atom. The number of aromatic nitrogens is 2. The quantitative estimate of drug-likeness (QED) is 0.745. The van der Waals surface area contributed by atoms with E-state index in [2.05, 4.69) is 10.2 Å². The van der Waals surface area contributed by atoms with Gasteiger partial charge in [0.1, 0.15) is 11.5 Å². The molecule has 0 unspecified atom stereocenters. The predicted octanol–water partition coefficient (Wildman–Crippen LogP) is 3.13.